The molecule has 0 bridgehead atoms. The van der Waals surface area contributed by atoms with Crippen molar-refractivity contribution in [2.75, 3.05) is 5.32 Å². The van der Waals surface area contributed by atoms with E-state index >= 15 is 0 Å². The number of carbonyl (C=O) groups excluding carboxylic acids is 1. The third-order valence-corrected chi connectivity index (χ3v) is 1.46. The molecule has 0 saturated heterocycles. The molecule has 1 N–H and O–H groups in total. The van der Waals surface area contributed by atoms with Gasteiger partial charge in [0.05, 0.1) is 5.03 Å². The molecule has 0 spiro atoms. The number of halogens is 1. The first-order chi connectivity index (χ1) is 5.83. The second-order valence-corrected chi connectivity index (χ2v) is 2.59. The fourth-order valence-electron chi connectivity index (χ4n) is 0.721. The van der Waals surface area contributed by atoms with E-state index < -0.39 is 0 Å². The highest BCUT2D eigenvalue weighted by molar-refractivity contribution is 6.38. The average molecular weight is 182 g/mol. The average Bonchev–Trinajstić information content (AvgIpc) is 2.16. The van der Waals surface area contributed by atoms with Gasteiger partial charge in [-0.1, -0.05) is 29.8 Å². The maximum Gasteiger partial charge on any atom is 0.162 e. The Morgan fingerprint density at radius 1 is 1.33 bits per heavy atom. The van der Waals surface area contributed by atoms with Crippen LogP contribution in [-0.2, 0) is 4.79 Å². The number of rotatable bonds is 3. The van der Waals surface area contributed by atoms with Gasteiger partial charge in [0, 0.05) is 11.9 Å². The Labute approximate surface area is 75.9 Å². The second kappa shape index (κ2) is 4.57. The Morgan fingerprint density at radius 2 is 2.00 bits per heavy atom. The van der Waals surface area contributed by atoms with Crippen molar-refractivity contribution < 1.29 is 4.79 Å². The number of anilines is 1. The molecule has 0 aromatic heterocycles. The lowest BCUT2D eigenvalue weighted by Gasteiger charge is -1.97. The first-order valence-electron chi connectivity index (χ1n) is 3.45. The van der Waals surface area contributed by atoms with Gasteiger partial charge in [-0.25, -0.2) is 0 Å². The number of para-hydroxylation sites is 1. The number of hydrogen-bond donors (Lipinski definition) is 1. The molecule has 0 amide bonds. The normalized spacial score (nSPS) is 10.9. The van der Waals surface area contributed by atoms with Gasteiger partial charge in [-0.3, -0.25) is 4.79 Å². The van der Waals surface area contributed by atoms with Gasteiger partial charge in [-0.15, -0.1) is 0 Å². The van der Waals surface area contributed by atoms with E-state index in [4.69, 9.17) is 11.6 Å². The summed E-state index contributed by atoms with van der Waals surface area (Å²) in [6.45, 7) is 0. The molecular formula is C9H8ClNO. The predicted octanol–water partition coefficient (Wildman–Crippen LogP) is 2.38. The highest BCUT2D eigenvalue weighted by atomic mass is 35.5. The van der Waals surface area contributed by atoms with E-state index in [2.05, 4.69) is 5.32 Å². The lowest BCUT2D eigenvalue weighted by molar-refractivity contribution is -0.104. The van der Waals surface area contributed by atoms with E-state index in [9.17, 15) is 4.79 Å². The lowest BCUT2D eigenvalue weighted by atomic mass is 10.3. The maximum atomic E-state index is 10.1. The molecule has 0 fully saturated rings. The highest BCUT2D eigenvalue weighted by Crippen LogP contribution is 2.06. The third-order valence-electron chi connectivity index (χ3n) is 1.26. The van der Waals surface area contributed by atoms with Crippen LogP contribution in [0, 0.1) is 0 Å². The highest BCUT2D eigenvalue weighted by Gasteiger charge is 1.87. The van der Waals surface area contributed by atoms with Gasteiger partial charge in [-0.2, -0.15) is 0 Å². The van der Waals surface area contributed by atoms with Gasteiger partial charge in [-0.05, 0) is 12.1 Å². The van der Waals surface area contributed by atoms with Gasteiger partial charge in [0.1, 0.15) is 0 Å². The predicted molar refractivity (Wildman–Crippen MR) is 50.1 cm³/mol. The molecule has 62 valence electrons. The minimum absolute atomic E-state index is 0.152. The first-order valence-corrected chi connectivity index (χ1v) is 3.83. The van der Waals surface area contributed by atoms with Crippen LogP contribution in [0.4, 0.5) is 5.69 Å². The summed E-state index contributed by atoms with van der Waals surface area (Å²) < 4.78 is 0. The van der Waals surface area contributed by atoms with E-state index in [0.29, 0.717) is 6.29 Å². The summed E-state index contributed by atoms with van der Waals surface area (Å²) in [5.41, 5.74) is 0.900. The molecule has 1 rings (SSSR count). The third kappa shape index (κ3) is 2.76. The number of benzene rings is 1. The molecule has 0 aliphatic heterocycles. The Morgan fingerprint density at radius 3 is 2.58 bits per heavy atom. The molecule has 1 aromatic carbocycles. The molecule has 2 nitrogen and oxygen atoms in total. The summed E-state index contributed by atoms with van der Waals surface area (Å²) in [6, 6.07) is 9.46. The smallest absolute Gasteiger partial charge is 0.162 e. The molecule has 12 heavy (non-hydrogen) atoms. The first kappa shape index (κ1) is 8.81. The van der Waals surface area contributed by atoms with Crippen molar-refractivity contribution in [2.24, 2.45) is 0 Å². The summed E-state index contributed by atoms with van der Waals surface area (Å²) in [5.74, 6) is 0. The van der Waals surface area contributed by atoms with Gasteiger partial charge in [0.25, 0.3) is 0 Å². The zero-order valence-electron chi connectivity index (χ0n) is 6.33. The number of hydrogen-bond acceptors (Lipinski definition) is 2. The second-order valence-electron chi connectivity index (χ2n) is 2.16. The van der Waals surface area contributed by atoms with Crippen molar-refractivity contribution in [2.45, 2.75) is 0 Å². The zero-order chi connectivity index (χ0) is 8.81. The van der Waals surface area contributed by atoms with Crippen LogP contribution in [0.5, 0.6) is 0 Å². The van der Waals surface area contributed by atoms with E-state index in [1.54, 1.807) is 0 Å². The van der Waals surface area contributed by atoms with Gasteiger partial charge in [0.15, 0.2) is 6.29 Å². The lowest BCUT2D eigenvalue weighted by Crippen LogP contribution is -1.88. The molecule has 0 heterocycles. The van der Waals surface area contributed by atoms with Crippen LogP contribution in [0.25, 0.3) is 0 Å². The van der Waals surface area contributed by atoms with Crippen molar-refractivity contribution in [1.29, 1.82) is 0 Å². The number of allylic oxidation sites excluding steroid dienone is 1. The monoisotopic (exact) mass is 181 g/mol. The van der Waals surface area contributed by atoms with E-state index in [0.717, 1.165) is 5.69 Å². The Kier molecular flexibility index (Phi) is 3.35. The molecule has 0 radical (unpaired) electrons. The minimum Gasteiger partial charge on any atom is -0.360 e. The SMILES string of the molecule is O=C/C(Cl)=C\Nc1ccccc1. The quantitative estimate of drug-likeness (QED) is 0.573. The fraction of sp³-hybridized carbons (Fsp3) is 0. The van der Waals surface area contributed by atoms with Crippen molar-refractivity contribution >= 4 is 23.6 Å². The van der Waals surface area contributed by atoms with Gasteiger partial charge < -0.3 is 5.32 Å². The summed E-state index contributed by atoms with van der Waals surface area (Å²) in [4.78, 5) is 10.1. The topological polar surface area (TPSA) is 29.1 Å². The summed E-state index contributed by atoms with van der Waals surface area (Å²) >= 11 is 5.45. The number of carbonyl (C=O) groups is 1. The number of aldehydes is 1. The molecule has 0 unspecified atom stereocenters. The van der Waals surface area contributed by atoms with Crippen LogP contribution in [0.15, 0.2) is 41.6 Å². The van der Waals surface area contributed by atoms with Gasteiger partial charge in [0.2, 0.25) is 0 Å². The molecular weight excluding hydrogens is 174 g/mol. The Hall–Kier alpha value is -1.28. The van der Waals surface area contributed by atoms with E-state index in [1.807, 2.05) is 30.3 Å². The van der Waals surface area contributed by atoms with Crippen LogP contribution < -0.4 is 5.32 Å². The van der Waals surface area contributed by atoms with Crippen LogP contribution in [0.2, 0.25) is 0 Å². The molecule has 1 aromatic rings. The molecule has 0 atom stereocenters. The van der Waals surface area contributed by atoms with Crippen molar-refractivity contribution in [1.82, 2.24) is 0 Å². The van der Waals surface area contributed by atoms with Crippen molar-refractivity contribution in [3.63, 3.8) is 0 Å². The largest absolute Gasteiger partial charge is 0.360 e. The van der Waals surface area contributed by atoms with Crippen LogP contribution in [-0.4, -0.2) is 6.29 Å². The molecule has 0 saturated carbocycles. The van der Waals surface area contributed by atoms with Crippen molar-refractivity contribution in [3.8, 4) is 0 Å². The summed E-state index contributed by atoms with van der Waals surface area (Å²) in [5, 5.41) is 3.02. The van der Waals surface area contributed by atoms with Crippen LogP contribution in [0.1, 0.15) is 0 Å². The summed E-state index contributed by atoms with van der Waals surface area (Å²) in [6.07, 6.45) is 2.03. The minimum atomic E-state index is 0.152. The van der Waals surface area contributed by atoms with E-state index in [1.165, 1.54) is 6.20 Å². The van der Waals surface area contributed by atoms with Crippen LogP contribution >= 0.6 is 11.6 Å². The number of nitrogens with one attached hydrogen (secondary N) is 1. The fourth-order valence-corrected chi connectivity index (χ4v) is 0.775. The van der Waals surface area contributed by atoms with E-state index in [-0.39, 0.29) is 5.03 Å². The molecule has 0 aliphatic carbocycles. The zero-order valence-corrected chi connectivity index (χ0v) is 7.08. The van der Waals surface area contributed by atoms with Gasteiger partial charge >= 0.3 is 0 Å². The summed E-state index contributed by atoms with van der Waals surface area (Å²) in [7, 11) is 0. The van der Waals surface area contributed by atoms with Crippen LogP contribution in [0.3, 0.4) is 0 Å². The Balaban J connectivity index is 2.60. The molecule has 0 aliphatic rings. The maximum absolute atomic E-state index is 10.1. The Bertz CT molecular complexity index is 282. The standard InChI is InChI=1S/C9H8ClNO/c10-8(7-12)6-11-9-4-2-1-3-5-9/h1-7,11H/b8-6+. The molecule has 3 heteroatoms. The van der Waals surface area contributed by atoms with Crippen molar-refractivity contribution in [3.05, 3.63) is 41.6 Å².